The number of halogens is 1. The molecule has 1 aromatic heterocycles. The van der Waals surface area contributed by atoms with Gasteiger partial charge in [0.25, 0.3) is 10.0 Å². The molecule has 0 spiro atoms. The summed E-state index contributed by atoms with van der Waals surface area (Å²) >= 11 is 0. The Balaban J connectivity index is 0.00000162. The molecule has 1 fully saturated rings. The van der Waals surface area contributed by atoms with Crippen molar-refractivity contribution >= 4 is 22.4 Å². The van der Waals surface area contributed by atoms with Gasteiger partial charge in [0, 0.05) is 13.1 Å². The molecule has 0 radical (unpaired) electrons. The molecular weight excluding hydrogens is 278 g/mol. The summed E-state index contributed by atoms with van der Waals surface area (Å²) < 4.78 is 28.1. The number of rotatable bonds is 4. The fourth-order valence-electron chi connectivity index (χ4n) is 2.26. The molecule has 0 saturated heterocycles. The lowest BCUT2D eigenvalue weighted by atomic mass is 10.1. The molecule has 2 rings (SSSR count). The molecule has 1 aromatic rings. The van der Waals surface area contributed by atoms with E-state index in [1.807, 2.05) is 0 Å². The Bertz CT molecular complexity index is 489. The van der Waals surface area contributed by atoms with Crippen molar-refractivity contribution in [2.24, 2.45) is 18.7 Å². The van der Waals surface area contributed by atoms with Crippen LogP contribution in [0.5, 0.6) is 0 Å². The van der Waals surface area contributed by atoms with E-state index < -0.39 is 10.0 Å². The third-order valence-corrected chi connectivity index (χ3v) is 4.75. The molecule has 1 aliphatic rings. The highest BCUT2D eigenvalue weighted by atomic mass is 35.5. The van der Waals surface area contributed by atoms with Gasteiger partial charge in [-0.05, 0) is 25.3 Å². The fraction of sp³-hybridized carbons (Fsp3) is 0.778. The summed E-state index contributed by atoms with van der Waals surface area (Å²) in [5, 5.41) is 7.27. The van der Waals surface area contributed by atoms with E-state index in [0.717, 1.165) is 19.3 Å². The van der Waals surface area contributed by atoms with Crippen LogP contribution in [0.4, 0.5) is 0 Å². The second-order valence-corrected chi connectivity index (χ2v) is 6.01. The zero-order valence-electron chi connectivity index (χ0n) is 10.1. The van der Waals surface area contributed by atoms with Crippen molar-refractivity contribution in [1.82, 2.24) is 19.7 Å². The van der Waals surface area contributed by atoms with Gasteiger partial charge < -0.3 is 5.73 Å². The molecule has 2 unspecified atom stereocenters. The maximum Gasteiger partial charge on any atom is 0.259 e. The van der Waals surface area contributed by atoms with Gasteiger partial charge in [-0.15, -0.1) is 17.5 Å². The van der Waals surface area contributed by atoms with Gasteiger partial charge in [0.1, 0.15) is 0 Å². The van der Waals surface area contributed by atoms with Crippen molar-refractivity contribution in [2.45, 2.75) is 30.3 Å². The summed E-state index contributed by atoms with van der Waals surface area (Å²) in [5.74, 6) is 0.228. The van der Waals surface area contributed by atoms with Gasteiger partial charge >= 0.3 is 0 Å². The van der Waals surface area contributed by atoms with E-state index in [1.165, 1.54) is 10.9 Å². The van der Waals surface area contributed by atoms with Crippen molar-refractivity contribution in [3.8, 4) is 0 Å². The van der Waals surface area contributed by atoms with Crippen molar-refractivity contribution < 1.29 is 8.42 Å². The number of aryl methyl sites for hydroxylation is 1. The summed E-state index contributed by atoms with van der Waals surface area (Å²) in [6.07, 6.45) is 4.08. The predicted molar refractivity (Wildman–Crippen MR) is 68.8 cm³/mol. The number of sulfonamides is 1. The lowest BCUT2D eigenvalue weighted by molar-refractivity contribution is 0.450. The van der Waals surface area contributed by atoms with E-state index in [9.17, 15) is 8.42 Å². The normalized spacial score (nSPS) is 23.9. The predicted octanol–water partition coefficient (Wildman–Crippen LogP) is -0.357. The van der Waals surface area contributed by atoms with E-state index in [0.29, 0.717) is 6.54 Å². The maximum atomic E-state index is 12.1. The van der Waals surface area contributed by atoms with Crippen LogP contribution in [0.1, 0.15) is 19.3 Å². The van der Waals surface area contributed by atoms with Gasteiger partial charge in [0.2, 0.25) is 0 Å². The van der Waals surface area contributed by atoms with E-state index in [4.69, 9.17) is 5.73 Å². The quantitative estimate of drug-likeness (QED) is 0.790. The molecule has 1 heterocycles. The highest BCUT2D eigenvalue weighted by Gasteiger charge is 2.31. The van der Waals surface area contributed by atoms with Crippen LogP contribution < -0.4 is 10.5 Å². The third kappa shape index (κ3) is 3.00. The van der Waals surface area contributed by atoms with E-state index in [-0.39, 0.29) is 29.4 Å². The lowest BCUT2D eigenvalue weighted by Gasteiger charge is -2.18. The van der Waals surface area contributed by atoms with Crippen LogP contribution in [0.2, 0.25) is 0 Å². The van der Waals surface area contributed by atoms with Gasteiger partial charge in [0.15, 0.2) is 5.03 Å². The van der Waals surface area contributed by atoms with Crippen LogP contribution in [0.3, 0.4) is 0 Å². The second-order valence-electron chi connectivity index (χ2n) is 4.35. The summed E-state index contributed by atoms with van der Waals surface area (Å²) in [5.41, 5.74) is 5.63. The molecule has 0 aliphatic heterocycles. The second kappa shape index (κ2) is 5.96. The van der Waals surface area contributed by atoms with Gasteiger partial charge in [-0.3, -0.25) is 0 Å². The van der Waals surface area contributed by atoms with Crippen LogP contribution in [0.15, 0.2) is 11.2 Å². The molecule has 3 N–H and O–H groups in total. The number of hydrogen-bond donors (Lipinski definition) is 2. The first-order valence-electron chi connectivity index (χ1n) is 5.61. The zero-order valence-corrected chi connectivity index (χ0v) is 11.7. The van der Waals surface area contributed by atoms with Gasteiger partial charge in [-0.1, -0.05) is 11.6 Å². The first-order chi connectivity index (χ1) is 8.04. The minimum absolute atomic E-state index is 0. The summed E-state index contributed by atoms with van der Waals surface area (Å²) in [6, 6.07) is -0.0695. The van der Waals surface area contributed by atoms with Crippen molar-refractivity contribution in [3.05, 3.63) is 6.20 Å². The molecule has 0 amide bonds. The summed E-state index contributed by atoms with van der Waals surface area (Å²) in [6.45, 7) is 0.511. The topological polar surface area (TPSA) is 103 Å². The molecule has 7 nitrogen and oxygen atoms in total. The monoisotopic (exact) mass is 295 g/mol. The Kier molecular flexibility index (Phi) is 5.09. The molecular formula is C9H18ClN5O2S. The molecule has 18 heavy (non-hydrogen) atoms. The molecule has 1 saturated carbocycles. The maximum absolute atomic E-state index is 12.1. The largest absolute Gasteiger partial charge is 0.330 e. The Morgan fingerprint density at radius 3 is 2.83 bits per heavy atom. The minimum Gasteiger partial charge on any atom is -0.330 e. The van der Waals surface area contributed by atoms with Crippen LogP contribution in [-0.4, -0.2) is 36.0 Å². The average Bonchev–Trinajstić information content (AvgIpc) is 2.86. The Morgan fingerprint density at radius 2 is 2.28 bits per heavy atom. The van der Waals surface area contributed by atoms with E-state index >= 15 is 0 Å². The number of nitrogens with two attached hydrogens (primary N) is 1. The Morgan fingerprint density at radius 1 is 1.56 bits per heavy atom. The van der Waals surface area contributed by atoms with Crippen LogP contribution in [0.25, 0.3) is 0 Å². The number of nitrogens with one attached hydrogen (secondary N) is 1. The molecule has 104 valence electrons. The molecule has 0 bridgehead atoms. The summed E-state index contributed by atoms with van der Waals surface area (Å²) in [4.78, 5) is 0. The lowest BCUT2D eigenvalue weighted by Crippen LogP contribution is -2.40. The van der Waals surface area contributed by atoms with Gasteiger partial charge in [-0.25, -0.2) is 17.8 Å². The van der Waals surface area contributed by atoms with Crippen molar-refractivity contribution in [1.29, 1.82) is 0 Å². The molecule has 2 atom stereocenters. The average molecular weight is 296 g/mol. The Hall–Kier alpha value is -0.700. The van der Waals surface area contributed by atoms with Crippen molar-refractivity contribution in [3.63, 3.8) is 0 Å². The van der Waals surface area contributed by atoms with E-state index in [2.05, 4.69) is 15.0 Å². The summed E-state index contributed by atoms with van der Waals surface area (Å²) in [7, 11) is -1.99. The molecule has 9 heteroatoms. The highest BCUT2D eigenvalue weighted by Crippen LogP contribution is 2.25. The van der Waals surface area contributed by atoms with Gasteiger partial charge in [0.05, 0.1) is 6.20 Å². The van der Waals surface area contributed by atoms with Crippen LogP contribution in [-0.2, 0) is 17.1 Å². The van der Waals surface area contributed by atoms with Gasteiger partial charge in [-0.2, -0.15) is 0 Å². The van der Waals surface area contributed by atoms with Crippen molar-refractivity contribution in [2.75, 3.05) is 6.54 Å². The molecule has 1 aliphatic carbocycles. The Labute approximate surface area is 113 Å². The minimum atomic E-state index is -3.54. The zero-order chi connectivity index (χ0) is 12.5. The third-order valence-electron chi connectivity index (χ3n) is 3.22. The first kappa shape index (κ1) is 15.4. The fourth-order valence-corrected chi connectivity index (χ4v) is 3.66. The number of nitrogens with zero attached hydrogens (tertiary/aromatic N) is 3. The SMILES string of the molecule is Cl.Cn1nncc1S(=O)(=O)NC1CCCC1CN. The standard InChI is InChI=1S/C9H17N5O2S.ClH/c1-14-9(6-11-13-14)17(15,16)12-8-4-2-3-7(8)5-10;/h6-8,12H,2-5,10H2,1H3;1H. The highest BCUT2D eigenvalue weighted by molar-refractivity contribution is 7.89. The number of hydrogen-bond acceptors (Lipinski definition) is 5. The smallest absolute Gasteiger partial charge is 0.259 e. The van der Waals surface area contributed by atoms with Crippen LogP contribution >= 0.6 is 12.4 Å². The first-order valence-corrected chi connectivity index (χ1v) is 7.10. The van der Waals surface area contributed by atoms with Crippen LogP contribution in [0, 0.1) is 5.92 Å². The molecule has 0 aromatic carbocycles. The number of aromatic nitrogens is 3. The van der Waals surface area contributed by atoms with E-state index in [1.54, 1.807) is 7.05 Å².